The molecule has 1 aliphatic rings. The molecule has 7 heteroatoms. The van der Waals surface area contributed by atoms with Gasteiger partial charge < -0.3 is 15.7 Å². The minimum Gasteiger partial charge on any atom is -0.391 e. The van der Waals surface area contributed by atoms with E-state index in [1.807, 2.05) is 5.32 Å². The molecule has 1 unspecified atom stereocenters. The number of halogens is 2. The first-order valence-corrected chi connectivity index (χ1v) is 7.19. The summed E-state index contributed by atoms with van der Waals surface area (Å²) in [6, 6.07) is 2.55. The van der Waals surface area contributed by atoms with Crippen molar-refractivity contribution in [3.05, 3.63) is 29.8 Å². The molecule has 120 valence electrons. The van der Waals surface area contributed by atoms with Crippen LogP contribution in [0, 0.1) is 17.6 Å². The smallest absolute Gasteiger partial charge is 0.313 e. The minimum absolute atomic E-state index is 0.0391. The van der Waals surface area contributed by atoms with Gasteiger partial charge in [0.2, 0.25) is 0 Å². The van der Waals surface area contributed by atoms with E-state index >= 15 is 0 Å². The number of hydrogen-bond acceptors (Lipinski definition) is 3. The van der Waals surface area contributed by atoms with Crippen LogP contribution in [0.15, 0.2) is 18.2 Å². The maximum Gasteiger partial charge on any atom is 0.313 e. The van der Waals surface area contributed by atoms with Crippen LogP contribution in [-0.2, 0) is 9.59 Å². The summed E-state index contributed by atoms with van der Waals surface area (Å²) in [5.74, 6) is -3.55. The first-order chi connectivity index (χ1) is 10.5. The molecule has 5 nitrogen and oxygen atoms in total. The highest BCUT2D eigenvalue weighted by Crippen LogP contribution is 2.27. The number of aliphatic hydroxyl groups excluding tert-OH is 1. The first-order valence-electron chi connectivity index (χ1n) is 7.19. The molecule has 1 aromatic rings. The quantitative estimate of drug-likeness (QED) is 0.739. The van der Waals surface area contributed by atoms with E-state index < -0.39 is 35.2 Å². The number of hydrogen-bond donors (Lipinski definition) is 3. The van der Waals surface area contributed by atoms with Gasteiger partial charge in [-0.2, -0.15) is 0 Å². The predicted octanol–water partition coefficient (Wildman–Crippen LogP) is 1.57. The maximum atomic E-state index is 13.4. The number of carbonyl (C=O) groups excluding carboxylic acids is 2. The Morgan fingerprint density at radius 1 is 1.23 bits per heavy atom. The molecule has 1 atom stereocenters. The normalized spacial score (nSPS) is 16.3. The molecule has 0 heterocycles. The molecule has 0 spiro atoms. The Balaban J connectivity index is 1.84. The number of aliphatic hydroxyl groups is 1. The van der Waals surface area contributed by atoms with E-state index in [0.29, 0.717) is 0 Å². The summed E-state index contributed by atoms with van der Waals surface area (Å²) in [5, 5.41) is 14.2. The summed E-state index contributed by atoms with van der Waals surface area (Å²) in [6.45, 7) is -0.0391. The number of carbonyl (C=O) groups is 2. The van der Waals surface area contributed by atoms with Crippen LogP contribution in [0.25, 0.3) is 0 Å². The highest BCUT2D eigenvalue weighted by molar-refractivity contribution is 6.39. The van der Waals surface area contributed by atoms with E-state index in [1.54, 1.807) is 0 Å². The van der Waals surface area contributed by atoms with Crippen molar-refractivity contribution < 1.29 is 23.5 Å². The molecule has 2 rings (SSSR count). The minimum atomic E-state index is -1.11. The van der Waals surface area contributed by atoms with Gasteiger partial charge in [0, 0.05) is 12.6 Å². The van der Waals surface area contributed by atoms with Crippen LogP contribution >= 0.6 is 0 Å². The molecule has 3 N–H and O–H groups in total. The number of benzene rings is 1. The molecule has 1 saturated carbocycles. The molecule has 0 aliphatic heterocycles. The second kappa shape index (κ2) is 7.31. The molecule has 0 radical (unpaired) electrons. The van der Waals surface area contributed by atoms with Crippen molar-refractivity contribution in [2.75, 3.05) is 11.9 Å². The lowest BCUT2D eigenvalue weighted by Crippen LogP contribution is -2.41. The van der Waals surface area contributed by atoms with Crippen molar-refractivity contribution >= 4 is 17.5 Å². The third-order valence-corrected chi connectivity index (χ3v) is 3.80. The van der Waals surface area contributed by atoms with Gasteiger partial charge in [0.05, 0.1) is 11.8 Å². The Morgan fingerprint density at radius 2 is 1.91 bits per heavy atom. The van der Waals surface area contributed by atoms with Crippen molar-refractivity contribution in [2.45, 2.75) is 31.8 Å². The van der Waals surface area contributed by atoms with Crippen LogP contribution in [-0.4, -0.2) is 29.6 Å². The molecule has 1 fully saturated rings. The number of rotatable bonds is 4. The van der Waals surface area contributed by atoms with Gasteiger partial charge in [0.25, 0.3) is 0 Å². The van der Waals surface area contributed by atoms with E-state index in [1.165, 1.54) is 0 Å². The van der Waals surface area contributed by atoms with Crippen LogP contribution in [0.3, 0.4) is 0 Å². The van der Waals surface area contributed by atoms with E-state index in [0.717, 1.165) is 43.9 Å². The lowest BCUT2D eigenvalue weighted by atomic mass is 10.0. The van der Waals surface area contributed by atoms with Crippen molar-refractivity contribution in [3.63, 3.8) is 0 Å². The molecule has 2 amide bonds. The van der Waals surface area contributed by atoms with E-state index in [2.05, 4.69) is 5.32 Å². The van der Waals surface area contributed by atoms with E-state index in [9.17, 15) is 23.5 Å². The van der Waals surface area contributed by atoms with Gasteiger partial charge in [0.1, 0.15) is 11.6 Å². The third-order valence-electron chi connectivity index (χ3n) is 3.80. The van der Waals surface area contributed by atoms with Crippen LogP contribution in [0.1, 0.15) is 25.7 Å². The zero-order chi connectivity index (χ0) is 16.1. The number of anilines is 1. The maximum absolute atomic E-state index is 13.4. The Bertz CT molecular complexity index is 560. The summed E-state index contributed by atoms with van der Waals surface area (Å²) >= 11 is 0. The van der Waals surface area contributed by atoms with Crippen LogP contribution < -0.4 is 10.6 Å². The summed E-state index contributed by atoms with van der Waals surface area (Å²) < 4.78 is 26.3. The largest absolute Gasteiger partial charge is 0.391 e. The standard InChI is InChI=1S/C15H18F2N2O3/c16-10-5-6-11(17)12(7-10)19-15(22)14(21)18-8-13(20)9-3-1-2-4-9/h5-7,9,13,20H,1-4,8H2,(H,18,21)(H,19,22). The zero-order valence-corrected chi connectivity index (χ0v) is 11.9. The fourth-order valence-electron chi connectivity index (χ4n) is 2.56. The molecular weight excluding hydrogens is 294 g/mol. The number of amides is 2. The predicted molar refractivity (Wildman–Crippen MR) is 76.0 cm³/mol. The van der Waals surface area contributed by atoms with E-state index in [-0.39, 0.29) is 12.5 Å². The van der Waals surface area contributed by atoms with Gasteiger partial charge in [-0.1, -0.05) is 12.8 Å². The lowest BCUT2D eigenvalue weighted by Gasteiger charge is -2.17. The SMILES string of the molecule is O=C(NCC(O)C1CCCC1)C(=O)Nc1cc(F)ccc1F. The second-order valence-electron chi connectivity index (χ2n) is 5.40. The molecule has 1 aliphatic carbocycles. The highest BCUT2D eigenvalue weighted by Gasteiger charge is 2.24. The third kappa shape index (κ3) is 4.24. The highest BCUT2D eigenvalue weighted by atomic mass is 19.1. The van der Waals surface area contributed by atoms with Crippen molar-refractivity contribution in [1.29, 1.82) is 0 Å². The van der Waals surface area contributed by atoms with Crippen LogP contribution in [0.5, 0.6) is 0 Å². The fraction of sp³-hybridized carbons (Fsp3) is 0.467. The summed E-state index contributed by atoms with van der Waals surface area (Å²) in [4.78, 5) is 23.2. The summed E-state index contributed by atoms with van der Waals surface area (Å²) in [7, 11) is 0. The van der Waals surface area contributed by atoms with Gasteiger partial charge in [0.15, 0.2) is 0 Å². The Hall–Kier alpha value is -2.02. The monoisotopic (exact) mass is 312 g/mol. The zero-order valence-electron chi connectivity index (χ0n) is 11.9. The van der Waals surface area contributed by atoms with Crippen molar-refractivity contribution in [3.8, 4) is 0 Å². The van der Waals surface area contributed by atoms with Crippen LogP contribution in [0.2, 0.25) is 0 Å². The van der Waals surface area contributed by atoms with E-state index in [4.69, 9.17) is 0 Å². The second-order valence-corrected chi connectivity index (χ2v) is 5.40. The first kappa shape index (κ1) is 16.4. The fourth-order valence-corrected chi connectivity index (χ4v) is 2.56. The van der Waals surface area contributed by atoms with Gasteiger partial charge in [-0.15, -0.1) is 0 Å². The molecule has 22 heavy (non-hydrogen) atoms. The van der Waals surface area contributed by atoms with Crippen molar-refractivity contribution in [1.82, 2.24) is 5.32 Å². The number of nitrogens with one attached hydrogen (secondary N) is 2. The summed E-state index contributed by atoms with van der Waals surface area (Å²) in [6.07, 6.45) is 3.20. The van der Waals surface area contributed by atoms with Crippen LogP contribution in [0.4, 0.5) is 14.5 Å². The Kier molecular flexibility index (Phi) is 5.43. The summed E-state index contributed by atoms with van der Waals surface area (Å²) in [5.41, 5.74) is -0.406. The molecule has 0 aromatic heterocycles. The van der Waals surface area contributed by atoms with Gasteiger partial charge in [-0.3, -0.25) is 9.59 Å². The molecule has 0 saturated heterocycles. The average molecular weight is 312 g/mol. The lowest BCUT2D eigenvalue weighted by molar-refractivity contribution is -0.136. The average Bonchev–Trinajstić information content (AvgIpc) is 3.02. The molecule has 0 bridgehead atoms. The Morgan fingerprint density at radius 3 is 2.59 bits per heavy atom. The van der Waals surface area contributed by atoms with Gasteiger partial charge >= 0.3 is 11.8 Å². The molecular formula is C15H18F2N2O3. The molecule has 1 aromatic carbocycles. The topological polar surface area (TPSA) is 78.4 Å². The van der Waals surface area contributed by atoms with Gasteiger partial charge in [-0.05, 0) is 30.9 Å². The Labute approximate surface area is 126 Å². The van der Waals surface area contributed by atoms with Crippen molar-refractivity contribution in [2.24, 2.45) is 5.92 Å². The van der Waals surface area contributed by atoms with Gasteiger partial charge in [-0.25, -0.2) is 8.78 Å².